The molecule has 0 unspecified atom stereocenters. The van der Waals surface area contributed by atoms with E-state index in [0.717, 1.165) is 5.56 Å². The Kier molecular flexibility index (Phi) is 2.87. The lowest BCUT2D eigenvalue weighted by atomic mass is 10.1. The van der Waals surface area contributed by atoms with Crippen LogP contribution in [0.4, 0.5) is 0 Å². The van der Waals surface area contributed by atoms with Crippen LogP contribution in [0.5, 0.6) is 10.9 Å². The number of thiazole rings is 1. The van der Waals surface area contributed by atoms with E-state index in [0.29, 0.717) is 10.9 Å². The predicted octanol–water partition coefficient (Wildman–Crippen LogP) is 2.94. The first kappa shape index (κ1) is 10.6. The van der Waals surface area contributed by atoms with E-state index in [9.17, 15) is 4.79 Å². The van der Waals surface area contributed by atoms with E-state index >= 15 is 0 Å². The maximum Gasteiger partial charge on any atom is 0.335 e. The van der Waals surface area contributed by atoms with Crippen molar-refractivity contribution in [2.45, 2.75) is 6.92 Å². The number of carboxylic acids is 1. The van der Waals surface area contributed by atoms with Crippen molar-refractivity contribution in [3.63, 3.8) is 0 Å². The largest absolute Gasteiger partial charge is 0.478 e. The molecular formula is C11H9NO3S. The molecule has 2 rings (SSSR count). The summed E-state index contributed by atoms with van der Waals surface area (Å²) in [5, 5.41) is 11.2. The topological polar surface area (TPSA) is 59.4 Å². The molecule has 0 fully saturated rings. The Morgan fingerprint density at radius 2 is 2.31 bits per heavy atom. The normalized spacial score (nSPS) is 10.1. The molecule has 0 saturated carbocycles. The average Bonchev–Trinajstić information content (AvgIpc) is 2.73. The molecule has 82 valence electrons. The number of ether oxygens (including phenoxy) is 1. The number of aromatic nitrogens is 1. The number of carboxylic acid groups (broad SMARTS) is 1. The lowest BCUT2D eigenvalue weighted by Crippen LogP contribution is -1.97. The minimum absolute atomic E-state index is 0.254. The summed E-state index contributed by atoms with van der Waals surface area (Å²) in [5.74, 6) is -0.316. The molecule has 2 aromatic rings. The number of aryl methyl sites for hydroxylation is 1. The Balaban J connectivity index is 2.26. The molecule has 0 saturated heterocycles. The van der Waals surface area contributed by atoms with Gasteiger partial charge in [-0.3, -0.25) is 0 Å². The Labute approximate surface area is 96.1 Å². The standard InChI is InChI=1S/C11H9NO3S/c1-7-6-8(10(13)14)2-3-9(7)15-11-12-4-5-16-11/h2-6H,1H3,(H,13,14). The summed E-state index contributed by atoms with van der Waals surface area (Å²) in [4.78, 5) is 14.7. The zero-order chi connectivity index (χ0) is 11.5. The predicted molar refractivity (Wildman–Crippen MR) is 60.3 cm³/mol. The second-order valence-electron chi connectivity index (χ2n) is 3.19. The summed E-state index contributed by atoms with van der Waals surface area (Å²) in [6.07, 6.45) is 1.65. The van der Waals surface area contributed by atoms with Crippen LogP contribution in [-0.4, -0.2) is 16.1 Å². The van der Waals surface area contributed by atoms with Gasteiger partial charge in [0.25, 0.3) is 5.19 Å². The molecule has 1 heterocycles. The van der Waals surface area contributed by atoms with E-state index in [-0.39, 0.29) is 5.56 Å². The quantitative estimate of drug-likeness (QED) is 0.888. The third-order valence-electron chi connectivity index (χ3n) is 2.03. The lowest BCUT2D eigenvalue weighted by molar-refractivity contribution is 0.0697. The molecule has 0 aliphatic rings. The first-order valence-corrected chi connectivity index (χ1v) is 5.46. The highest BCUT2D eigenvalue weighted by atomic mass is 32.1. The second kappa shape index (κ2) is 4.32. The van der Waals surface area contributed by atoms with Crippen molar-refractivity contribution >= 4 is 17.3 Å². The van der Waals surface area contributed by atoms with Gasteiger partial charge in [0.2, 0.25) is 0 Å². The fraction of sp³-hybridized carbons (Fsp3) is 0.0909. The van der Waals surface area contributed by atoms with Crippen molar-refractivity contribution in [1.29, 1.82) is 0 Å². The number of nitrogens with zero attached hydrogens (tertiary/aromatic N) is 1. The zero-order valence-electron chi connectivity index (χ0n) is 8.51. The molecule has 5 heteroatoms. The van der Waals surface area contributed by atoms with Crippen molar-refractivity contribution in [2.75, 3.05) is 0 Å². The molecule has 1 aromatic carbocycles. The smallest absolute Gasteiger partial charge is 0.335 e. The average molecular weight is 235 g/mol. The van der Waals surface area contributed by atoms with Gasteiger partial charge in [0.05, 0.1) is 5.56 Å². The molecular weight excluding hydrogens is 226 g/mol. The van der Waals surface area contributed by atoms with Crippen LogP contribution in [0.3, 0.4) is 0 Å². The number of carbonyl (C=O) groups is 1. The number of hydrogen-bond acceptors (Lipinski definition) is 4. The van der Waals surface area contributed by atoms with E-state index in [2.05, 4.69) is 4.98 Å². The van der Waals surface area contributed by atoms with E-state index in [4.69, 9.17) is 9.84 Å². The SMILES string of the molecule is Cc1cc(C(=O)O)ccc1Oc1nccs1. The third-order valence-corrected chi connectivity index (χ3v) is 2.68. The highest BCUT2D eigenvalue weighted by molar-refractivity contribution is 7.11. The minimum Gasteiger partial charge on any atom is -0.478 e. The molecule has 0 amide bonds. The van der Waals surface area contributed by atoms with E-state index in [1.54, 1.807) is 25.3 Å². The molecule has 0 atom stereocenters. The Hall–Kier alpha value is -1.88. The van der Waals surface area contributed by atoms with Gasteiger partial charge in [-0.05, 0) is 30.7 Å². The van der Waals surface area contributed by atoms with Gasteiger partial charge in [-0.1, -0.05) is 11.3 Å². The van der Waals surface area contributed by atoms with Crippen molar-refractivity contribution in [3.8, 4) is 10.9 Å². The van der Waals surface area contributed by atoms with Crippen LogP contribution in [0.15, 0.2) is 29.8 Å². The summed E-state index contributed by atoms with van der Waals surface area (Å²) < 4.78 is 5.50. The minimum atomic E-state index is -0.941. The Bertz CT molecular complexity index is 508. The van der Waals surface area contributed by atoms with E-state index < -0.39 is 5.97 Å². The molecule has 0 spiro atoms. The van der Waals surface area contributed by atoms with Gasteiger partial charge in [0.15, 0.2) is 0 Å². The van der Waals surface area contributed by atoms with Crippen LogP contribution in [-0.2, 0) is 0 Å². The van der Waals surface area contributed by atoms with Crippen molar-refractivity contribution in [3.05, 3.63) is 40.9 Å². The Morgan fingerprint density at radius 3 is 2.88 bits per heavy atom. The van der Waals surface area contributed by atoms with Gasteiger partial charge in [-0.25, -0.2) is 9.78 Å². The highest BCUT2D eigenvalue weighted by Gasteiger charge is 2.07. The molecule has 4 nitrogen and oxygen atoms in total. The number of aromatic carboxylic acids is 1. The van der Waals surface area contributed by atoms with Gasteiger partial charge in [0, 0.05) is 11.6 Å². The van der Waals surface area contributed by atoms with Gasteiger partial charge in [-0.2, -0.15) is 0 Å². The van der Waals surface area contributed by atoms with Crippen LogP contribution in [0.2, 0.25) is 0 Å². The summed E-state index contributed by atoms with van der Waals surface area (Å²) in [5.41, 5.74) is 1.03. The van der Waals surface area contributed by atoms with Gasteiger partial charge in [0.1, 0.15) is 5.75 Å². The van der Waals surface area contributed by atoms with Crippen LogP contribution >= 0.6 is 11.3 Å². The third kappa shape index (κ3) is 2.20. The molecule has 0 aliphatic carbocycles. The van der Waals surface area contributed by atoms with Gasteiger partial charge >= 0.3 is 5.97 Å². The van der Waals surface area contributed by atoms with Gasteiger partial charge in [-0.15, -0.1) is 0 Å². The van der Waals surface area contributed by atoms with Crippen LogP contribution in [0, 0.1) is 6.92 Å². The van der Waals surface area contributed by atoms with Crippen molar-refractivity contribution < 1.29 is 14.6 Å². The van der Waals surface area contributed by atoms with Crippen molar-refractivity contribution in [1.82, 2.24) is 4.98 Å². The first-order valence-electron chi connectivity index (χ1n) is 4.58. The summed E-state index contributed by atoms with van der Waals surface area (Å²) in [6, 6.07) is 4.73. The van der Waals surface area contributed by atoms with E-state index in [1.165, 1.54) is 17.4 Å². The first-order chi connectivity index (χ1) is 7.66. The monoisotopic (exact) mass is 235 g/mol. The van der Waals surface area contributed by atoms with Crippen LogP contribution < -0.4 is 4.74 Å². The molecule has 0 bridgehead atoms. The van der Waals surface area contributed by atoms with Crippen LogP contribution in [0.1, 0.15) is 15.9 Å². The highest BCUT2D eigenvalue weighted by Crippen LogP contribution is 2.26. The molecule has 16 heavy (non-hydrogen) atoms. The second-order valence-corrected chi connectivity index (χ2v) is 4.04. The fourth-order valence-corrected chi connectivity index (χ4v) is 1.75. The molecule has 0 radical (unpaired) electrons. The summed E-state index contributed by atoms with van der Waals surface area (Å²) in [6.45, 7) is 1.80. The molecule has 1 N–H and O–H groups in total. The number of rotatable bonds is 3. The maximum atomic E-state index is 10.7. The van der Waals surface area contributed by atoms with E-state index in [1.807, 2.05) is 5.38 Å². The summed E-state index contributed by atoms with van der Waals surface area (Å²) in [7, 11) is 0. The van der Waals surface area contributed by atoms with Gasteiger partial charge < -0.3 is 9.84 Å². The Morgan fingerprint density at radius 1 is 1.50 bits per heavy atom. The molecule has 0 aliphatic heterocycles. The lowest BCUT2D eigenvalue weighted by Gasteiger charge is -2.06. The number of hydrogen-bond donors (Lipinski definition) is 1. The fourth-order valence-electron chi connectivity index (χ4n) is 1.25. The zero-order valence-corrected chi connectivity index (χ0v) is 9.32. The molecule has 1 aromatic heterocycles. The van der Waals surface area contributed by atoms with Crippen LogP contribution in [0.25, 0.3) is 0 Å². The van der Waals surface area contributed by atoms with Crippen molar-refractivity contribution in [2.24, 2.45) is 0 Å². The summed E-state index contributed by atoms with van der Waals surface area (Å²) >= 11 is 1.39. The maximum absolute atomic E-state index is 10.7. The number of benzene rings is 1.